The number of sulfonamides is 1. The van der Waals surface area contributed by atoms with Gasteiger partial charge in [-0.25, -0.2) is 8.42 Å². The van der Waals surface area contributed by atoms with E-state index in [0.717, 1.165) is 29.5 Å². The van der Waals surface area contributed by atoms with Gasteiger partial charge in [0.2, 0.25) is 0 Å². The molecule has 1 aliphatic rings. The zero-order chi connectivity index (χ0) is 21.6. The molecule has 0 spiro atoms. The fraction of sp³-hybridized carbons (Fsp3) is 0.375. The number of likely N-dealkylation sites (N-methyl/N-ethyl adjacent to an activating group) is 1. The lowest BCUT2D eigenvalue weighted by atomic mass is 10.1. The zero-order valence-electron chi connectivity index (χ0n) is 14.7. The second-order valence-electron chi connectivity index (χ2n) is 6.40. The van der Waals surface area contributed by atoms with E-state index in [0.29, 0.717) is 19.5 Å². The predicted molar refractivity (Wildman–Crippen MR) is 108 cm³/mol. The summed E-state index contributed by atoms with van der Waals surface area (Å²) < 4.78 is 72.9. The number of halogens is 6. The van der Waals surface area contributed by atoms with Crippen LogP contribution in [0.4, 0.5) is 18.9 Å². The van der Waals surface area contributed by atoms with Crippen molar-refractivity contribution in [3.05, 3.63) is 37.5 Å². The molecule has 1 fully saturated rings. The number of alkyl halides is 3. The second-order valence-corrected chi connectivity index (χ2v) is 10.6. The standard InChI is InChI=1S/C16H14Cl3F3N2O3S2/c1-24-5-4-9(7-24)27-11-6-8(2-3-10(11)16(20,21)22)23-29(25,26)13-12(17)14(18)28-15(13)19/h2-3,6,9,23H,4-5,7H2,1H3. The maximum atomic E-state index is 13.4. The number of benzene rings is 1. The van der Waals surface area contributed by atoms with E-state index in [9.17, 15) is 21.6 Å². The van der Waals surface area contributed by atoms with E-state index < -0.39 is 38.5 Å². The van der Waals surface area contributed by atoms with Crippen LogP contribution in [0, 0.1) is 0 Å². The van der Waals surface area contributed by atoms with Gasteiger partial charge < -0.3 is 9.64 Å². The molecule has 1 aromatic heterocycles. The van der Waals surface area contributed by atoms with Crippen LogP contribution in [0.1, 0.15) is 12.0 Å². The molecule has 1 atom stereocenters. The average molecular weight is 510 g/mol. The molecule has 0 saturated carbocycles. The number of likely N-dealkylation sites (tertiary alicyclic amines) is 1. The monoisotopic (exact) mass is 508 g/mol. The smallest absolute Gasteiger partial charge is 0.419 e. The first-order valence-electron chi connectivity index (χ1n) is 8.11. The fourth-order valence-electron chi connectivity index (χ4n) is 2.86. The second kappa shape index (κ2) is 8.32. The molecule has 2 heterocycles. The molecule has 5 nitrogen and oxygen atoms in total. The molecule has 2 aromatic rings. The van der Waals surface area contributed by atoms with E-state index in [1.807, 2.05) is 11.9 Å². The first-order valence-corrected chi connectivity index (χ1v) is 11.5. The molecule has 0 bridgehead atoms. The van der Waals surface area contributed by atoms with Gasteiger partial charge in [-0.15, -0.1) is 11.3 Å². The maximum absolute atomic E-state index is 13.4. The Labute approximate surface area is 184 Å². The lowest BCUT2D eigenvalue weighted by Gasteiger charge is -2.19. The van der Waals surface area contributed by atoms with Crippen molar-refractivity contribution in [3.8, 4) is 5.75 Å². The highest BCUT2D eigenvalue weighted by Crippen LogP contribution is 2.44. The van der Waals surface area contributed by atoms with Gasteiger partial charge in [0, 0.05) is 19.2 Å². The summed E-state index contributed by atoms with van der Waals surface area (Å²) in [7, 11) is -2.46. The van der Waals surface area contributed by atoms with Crippen LogP contribution in [0.2, 0.25) is 13.7 Å². The molecule has 0 aliphatic carbocycles. The third kappa shape index (κ3) is 5.05. The number of nitrogens with one attached hydrogen (secondary N) is 1. The molecule has 1 N–H and O–H groups in total. The summed E-state index contributed by atoms with van der Waals surface area (Å²) in [6, 6.07) is 2.74. The Kier molecular flexibility index (Phi) is 6.53. The third-order valence-electron chi connectivity index (χ3n) is 4.18. The fourth-order valence-corrected chi connectivity index (χ4v) is 6.76. The summed E-state index contributed by atoms with van der Waals surface area (Å²) in [5.41, 5.74) is -1.13. The van der Waals surface area contributed by atoms with Gasteiger partial charge in [0.15, 0.2) is 0 Å². The van der Waals surface area contributed by atoms with Crippen molar-refractivity contribution in [3.63, 3.8) is 0 Å². The molecule has 13 heteroatoms. The van der Waals surface area contributed by atoms with Crippen LogP contribution in [0.5, 0.6) is 5.75 Å². The first kappa shape index (κ1) is 22.8. The Morgan fingerprint density at radius 2 is 1.93 bits per heavy atom. The van der Waals surface area contributed by atoms with Gasteiger partial charge in [-0.3, -0.25) is 4.72 Å². The van der Waals surface area contributed by atoms with Gasteiger partial charge >= 0.3 is 6.18 Å². The Balaban J connectivity index is 1.94. The molecule has 1 aromatic carbocycles. The predicted octanol–water partition coefficient (Wildman–Crippen LogP) is 5.61. The van der Waals surface area contributed by atoms with Crippen LogP contribution < -0.4 is 9.46 Å². The summed E-state index contributed by atoms with van der Waals surface area (Å²) in [6.45, 7) is 1.15. The number of nitrogens with zero attached hydrogens (tertiary/aromatic N) is 1. The minimum atomic E-state index is -4.66. The molecule has 1 unspecified atom stereocenters. The molecule has 0 amide bonds. The Morgan fingerprint density at radius 3 is 2.45 bits per heavy atom. The van der Waals surface area contributed by atoms with Crippen molar-refractivity contribution in [1.29, 1.82) is 0 Å². The SMILES string of the molecule is CN1CCC(Oc2cc(NS(=O)(=O)c3c(Cl)sc(Cl)c3Cl)ccc2C(F)(F)F)C1. The Hall–Kier alpha value is -0.910. The van der Waals surface area contributed by atoms with E-state index >= 15 is 0 Å². The number of ether oxygens (including phenoxy) is 1. The quantitative estimate of drug-likeness (QED) is 0.569. The largest absolute Gasteiger partial charge is 0.488 e. The maximum Gasteiger partial charge on any atom is 0.419 e. The summed E-state index contributed by atoms with van der Waals surface area (Å²) in [5, 5.41) is -0.258. The average Bonchev–Trinajstić information content (AvgIpc) is 3.08. The van der Waals surface area contributed by atoms with Gasteiger partial charge in [0.25, 0.3) is 10.0 Å². The molecule has 1 saturated heterocycles. The minimum absolute atomic E-state index is 0.0150. The zero-order valence-corrected chi connectivity index (χ0v) is 18.6. The van der Waals surface area contributed by atoms with E-state index in [-0.39, 0.29) is 19.4 Å². The third-order valence-corrected chi connectivity index (χ3v) is 8.18. The summed E-state index contributed by atoms with van der Waals surface area (Å²) >= 11 is 18.4. The van der Waals surface area contributed by atoms with Crippen LogP contribution in [0.25, 0.3) is 0 Å². The summed E-state index contributed by atoms with van der Waals surface area (Å²) in [5.74, 6) is -0.460. The lowest BCUT2D eigenvalue weighted by molar-refractivity contribution is -0.139. The highest BCUT2D eigenvalue weighted by Gasteiger charge is 2.36. The van der Waals surface area contributed by atoms with Crippen LogP contribution in [0.3, 0.4) is 0 Å². The first-order chi connectivity index (χ1) is 13.4. The lowest BCUT2D eigenvalue weighted by Crippen LogP contribution is -2.23. The van der Waals surface area contributed by atoms with Crippen LogP contribution in [-0.4, -0.2) is 39.6 Å². The topological polar surface area (TPSA) is 58.6 Å². The van der Waals surface area contributed by atoms with Gasteiger partial charge in [-0.05, 0) is 25.6 Å². The molecule has 29 heavy (non-hydrogen) atoms. The van der Waals surface area contributed by atoms with Crippen LogP contribution >= 0.6 is 46.1 Å². The number of rotatable bonds is 5. The summed E-state index contributed by atoms with van der Waals surface area (Å²) in [4.78, 5) is 1.49. The minimum Gasteiger partial charge on any atom is -0.488 e. The van der Waals surface area contributed by atoms with E-state index in [2.05, 4.69) is 4.72 Å². The van der Waals surface area contributed by atoms with E-state index in [4.69, 9.17) is 39.5 Å². The van der Waals surface area contributed by atoms with Crippen molar-refractivity contribution in [2.24, 2.45) is 0 Å². The molecule has 3 rings (SSSR count). The Morgan fingerprint density at radius 1 is 1.24 bits per heavy atom. The van der Waals surface area contributed by atoms with E-state index in [1.54, 1.807) is 0 Å². The molecular formula is C16H14Cl3F3N2O3S2. The normalized spacial score (nSPS) is 18.2. The number of anilines is 1. The van der Waals surface area contributed by atoms with Crippen LogP contribution in [0.15, 0.2) is 23.1 Å². The van der Waals surface area contributed by atoms with Crippen molar-refractivity contribution in [1.82, 2.24) is 4.90 Å². The van der Waals surface area contributed by atoms with Gasteiger partial charge in [-0.1, -0.05) is 34.8 Å². The van der Waals surface area contributed by atoms with Crippen molar-refractivity contribution < 1.29 is 26.3 Å². The highest BCUT2D eigenvalue weighted by atomic mass is 35.5. The van der Waals surface area contributed by atoms with Crippen molar-refractivity contribution >= 4 is 61.9 Å². The van der Waals surface area contributed by atoms with Crippen LogP contribution in [-0.2, 0) is 16.2 Å². The summed E-state index contributed by atoms with van der Waals surface area (Å²) in [6.07, 6.45) is -4.54. The van der Waals surface area contributed by atoms with E-state index in [1.165, 1.54) is 0 Å². The number of hydrogen-bond donors (Lipinski definition) is 1. The van der Waals surface area contributed by atoms with Crippen molar-refractivity contribution in [2.75, 3.05) is 24.9 Å². The molecule has 1 aliphatic heterocycles. The van der Waals surface area contributed by atoms with Gasteiger partial charge in [0.1, 0.15) is 25.4 Å². The number of thiophene rings is 1. The molecule has 0 radical (unpaired) electrons. The molecule has 160 valence electrons. The highest BCUT2D eigenvalue weighted by molar-refractivity contribution is 7.93. The van der Waals surface area contributed by atoms with Gasteiger partial charge in [-0.2, -0.15) is 13.2 Å². The number of hydrogen-bond acceptors (Lipinski definition) is 5. The Bertz CT molecular complexity index is 1030. The van der Waals surface area contributed by atoms with Gasteiger partial charge in [0.05, 0.1) is 16.3 Å². The molecular weight excluding hydrogens is 496 g/mol. The van der Waals surface area contributed by atoms with Crippen molar-refractivity contribution in [2.45, 2.75) is 23.6 Å².